The van der Waals surface area contributed by atoms with Gasteiger partial charge in [0.15, 0.2) is 5.13 Å². The lowest BCUT2D eigenvalue weighted by atomic mass is 10.2. The molecule has 4 nitrogen and oxygen atoms in total. The molecular weight excluding hydrogens is 294 g/mol. The van der Waals surface area contributed by atoms with Crippen molar-refractivity contribution < 1.29 is 4.79 Å². The number of nitrogens with one attached hydrogen (secondary N) is 1. The van der Waals surface area contributed by atoms with Crippen molar-refractivity contribution in [3.05, 3.63) is 34.7 Å². The van der Waals surface area contributed by atoms with Gasteiger partial charge in [-0.3, -0.25) is 4.79 Å². The zero-order chi connectivity index (χ0) is 14.5. The number of hydrogen-bond acceptors (Lipinski definition) is 4. The summed E-state index contributed by atoms with van der Waals surface area (Å²) in [5, 5.41) is 5.88. The monoisotopic (exact) mass is 309 g/mol. The van der Waals surface area contributed by atoms with Crippen LogP contribution in [0.2, 0.25) is 5.02 Å². The Morgan fingerprint density at radius 2 is 2.25 bits per heavy atom. The van der Waals surface area contributed by atoms with Gasteiger partial charge in [-0.2, -0.15) is 0 Å². The molecule has 106 valence electrons. The number of nitrogens with two attached hydrogens (primary N) is 1. The Morgan fingerprint density at radius 1 is 1.50 bits per heavy atom. The molecule has 20 heavy (non-hydrogen) atoms. The first-order valence-electron chi connectivity index (χ1n) is 6.32. The van der Waals surface area contributed by atoms with E-state index in [2.05, 4.69) is 10.3 Å². The van der Waals surface area contributed by atoms with Crippen LogP contribution in [0, 0.1) is 0 Å². The fourth-order valence-corrected chi connectivity index (χ4v) is 2.62. The number of anilines is 1. The first-order chi connectivity index (χ1) is 9.56. The van der Waals surface area contributed by atoms with Crippen LogP contribution >= 0.6 is 22.9 Å². The summed E-state index contributed by atoms with van der Waals surface area (Å²) in [6.07, 6.45) is 1.06. The fourth-order valence-electron chi connectivity index (χ4n) is 1.66. The first-order valence-corrected chi connectivity index (χ1v) is 7.58. The van der Waals surface area contributed by atoms with Crippen molar-refractivity contribution in [2.24, 2.45) is 5.73 Å². The highest BCUT2D eigenvalue weighted by Crippen LogP contribution is 2.30. The average Bonchev–Trinajstić information content (AvgIpc) is 2.85. The molecule has 3 N–H and O–H groups in total. The number of nitrogens with zero attached hydrogens (tertiary/aromatic N) is 1. The zero-order valence-corrected chi connectivity index (χ0v) is 12.7. The Kier molecular flexibility index (Phi) is 5.11. The predicted octanol–water partition coefficient (Wildman–Crippen LogP) is 3.53. The fraction of sp³-hybridized carbons (Fsp3) is 0.286. The highest BCUT2D eigenvalue weighted by Gasteiger charge is 2.10. The molecular formula is C14H16ClN3OS. The van der Waals surface area contributed by atoms with Crippen molar-refractivity contribution in [3.8, 4) is 11.3 Å². The normalized spacial score (nSPS) is 12.2. The van der Waals surface area contributed by atoms with Gasteiger partial charge in [0.1, 0.15) is 0 Å². The molecule has 0 saturated carbocycles. The number of halogens is 1. The van der Waals surface area contributed by atoms with Crippen molar-refractivity contribution in [2.75, 3.05) is 5.32 Å². The van der Waals surface area contributed by atoms with E-state index in [-0.39, 0.29) is 11.9 Å². The van der Waals surface area contributed by atoms with E-state index in [0.717, 1.165) is 11.3 Å². The van der Waals surface area contributed by atoms with Crippen LogP contribution in [-0.4, -0.2) is 16.9 Å². The van der Waals surface area contributed by atoms with E-state index >= 15 is 0 Å². The number of carbonyl (C=O) groups excluding carboxylic acids is 1. The van der Waals surface area contributed by atoms with Crippen molar-refractivity contribution in [2.45, 2.75) is 25.8 Å². The number of benzene rings is 1. The van der Waals surface area contributed by atoms with Gasteiger partial charge in [0.05, 0.1) is 5.69 Å². The standard InChI is InChI=1S/C14H16ClN3OS/c1-9(16)6-7-13(19)18-14-17-12(8-20-14)10-4-2-3-5-11(10)15/h2-5,8-9H,6-7,16H2,1H3,(H,17,18,19). The van der Waals surface area contributed by atoms with Crippen LogP contribution in [0.1, 0.15) is 19.8 Å². The van der Waals surface area contributed by atoms with E-state index in [1.165, 1.54) is 11.3 Å². The van der Waals surface area contributed by atoms with Crippen LogP contribution in [0.3, 0.4) is 0 Å². The van der Waals surface area contributed by atoms with Gasteiger partial charge in [-0.25, -0.2) is 4.98 Å². The third-order valence-electron chi connectivity index (χ3n) is 2.73. The van der Waals surface area contributed by atoms with Crippen LogP contribution in [0.25, 0.3) is 11.3 Å². The van der Waals surface area contributed by atoms with E-state index in [9.17, 15) is 4.79 Å². The van der Waals surface area contributed by atoms with Crippen LogP contribution in [0.15, 0.2) is 29.6 Å². The average molecular weight is 310 g/mol. The van der Waals surface area contributed by atoms with E-state index in [4.69, 9.17) is 17.3 Å². The second kappa shape index (κ2) is 6.83. The quantitative estimate of drug-likeness (QED) is 0.887. The van der Waals surface area contributed by atoms with Gasteiger partial charge < -0.3 is 11.1 Å². The molecule has 0 fully saturated rings. The van der Waals surface area contributed by atoms with Crippen LogP contribution in [-0.2, 0) is 4.79 Å². The Balaban J connectivity index is 2.03. The number of thiazole rings is 1. The summed E-state index contributed by atoms with van der Waals surface area (Å²) in [4.78, 5) is 16.1. The van der Waals surface area contributed by atoms with Crippen LogP contribution < -0.4 is 11.1 Å². The molecule has 1 amide bonds. The third-order valence-corrected chi connectivity index (χ3v) is 3.81. The molecule has 0 radical (unpaired) electrons. The minimum Gasteiger partial charge on any atom is -0.328 e. The van der Waals surface area contributed by atoms with Crippen molar-refractivity contribution in [1.82, 2.24) is 4.98 Å². The number of carbonyl (C=O) groups is 1. The lowest BCUT2D eigenvalue weighted by molar-refractivity contribution is -0.116. The third kappa shape index (κ3) is 4.03. The second-order valence-electron chi connectivity index (χ2n) is 4.58. The van der Waals surface area contributed by atoms with Gasteiger partial charge >= 0.3 is 0 Å². The van der Waals surface area contributed by atoms with E-state index in [1.807, 2.05) is 36.6 Å². The first kappa shape index (κ1) is 15.0. The topological polar surface area (TPSA) is 68.0 Å². The molecule has 0 saturated heterocycles. The smallest absolute Gasteiger partial charge is 0.226 e. The molecule has 0 bridgehead atoms. The lowest BCUT2D eigenvalue weighted by Crippen LogP contribution is -2.19. The summed E-state index contributed by atoms with van der Waals surface area (Å²) in [6, 6.07) is 7.52. The lowest BCUT2D eigenvalue weighted by Gasteiger charge is -2.04. The summed E-state index contributed by atoms with van der Waals surface area (Å²) in [6.45, 7) is 1.88. The maximum absolute atomic E-state index is 11.7. The van der Waals surface area contributed by atoms with Gasteiger partial charge in [-0.15, -0.1) is 11.3 Å². The van der Waals surface area contributed by atoms with Gasteiger partial charge in [-0.05, 0) is 19.4 Å². The van der Waals surface area contributed by atoms with Gasteiger partial charge in [0.25, 0.3) is 0 Å². The number of amides is 1. The minimum atomic E-state index is -0.0673. The predicted molar refractivity (Wildman–Crippen MR) is 84.1 cm³/mol. The number of aromatic nitrogens is 1. The number of rotatable bonds is 5. The Labute approximate surface area is 127 Å². The maximum atomic E-state index is 11.7. The summed E-state index contributed by atoms with van der Waals surface area (Å²) in [5.74, 6) is -0.0673. The molecule has 0 aliphatic carbocycles. The molecule has 2 aromatic rings. The van der Waals surface area contributed by atoms with E-state index in [0.29, 0.717) is 23.0 Å². The Bertz CT molecular complexity index is 598. The second-order valence-corrected chi connectivity index (χ2v) is 5.85. The molecule has 6 heteroatoms. The zero-order valence-electron chi connectivity index (χ0n) is 11.1. The van der Waals surface area contributed by atoms with Crippen molar-refractivity contribution in [3.63, 3.8) is 0 Å². The molecule has 1 unspecified atom stereocenters. The largest absolute Gasteiger partial charge is 0.328 e. The van der Waals surface area contributed by atoms with Crippen LogP contribution in [0.4, 0.5) is 5.13 Å². The minimum absolute atomic E-state index is 0.0238. The Hall–Kier alpha value is -1.43. The van der Waals surface area contributed by atoms with Crippen LogP contribution in [0.5, 0.6) is 0 Å². The Morgan fingerprint density at radius 3 is 2.95 bits per heavy atom. The molecule has 0 spiro atoms. The highest BCUT2D eigenvalue weighted by atomic mass is 35.5. The van der Waals surface area contributed by atoms with Gasteiger partial charge in [-0.1, -0.05) is 29.8 Å². The summed E-state index contributed by atoms with van der Waals surface area (Å²) in [7, 11) is 0. The summed E-state index contributed by atoms with van der Waals surface area (Å²) in [5.41, 5.74) is 7.25. The molecule has 1 atom stereocenters. The van der Waals surface area contributed by atoms with Gasteiger partial charge in [0, 0.05) is 28.4 Å². The molecule has 1 aromatic carbocycles. The van der Waals surface area contributed by atoms with Crippen molar-refractivity contribution >= 4 is 34.0 Å². The summed E-state index contributed by atoms with van der Waals surface area (Å²) < 4.78 is 0. The van der Waals surface area contributed by atoms with E-state index < -0.39 is 0 Å². The highest BCUT2D eigenvalue weighted by molar-refractivity contribution is 7.14. The molecule has 0 aliphatic rings. The van der Waals surface area contributed by atoms with Gasteiger partial charge in [0.2, 0.25) is 5.91 Å². The molecule has 2 rings (SSSR count). The molecule has 1 heterocycles. The molecule has 0 aliphatic heterocycles. The summed E-state index contributed by atoms with van der Waals surface area (Å²) >= 11 is 7.50. The van der Waals surface area contributed by atoms with E-state index in [1.54, 1.807) is 0 Å². The molecule has 1 aromatic heterocycles. The van der Waals surface area contributed by atoms with Crippen molar-refractivity contribution in [1.29, 1.82) is 0 Å². The SMILES string of the molecule is CC(N)CCC(=O)Nc1nc(-c2ccccc2Cl)cs1. The maximum Gasteiger partial charge on any atom is 0.226 e. The number of hydrogen-bond donors (Lipinski definition) is 2.